The van der Waals surface area contributed by atoms with E-state index in [9.17, 15) is 0 Å². The van der Waals surface area contributed by atoms with E-state index in [1.165, 1.54) is 64.7 Å². The molecule has 0 aliphatic carbocycles. The molecule has 0 aromatic carbocycles. The van der Waals surface area contributed by atoms with E-state index in [2.05, 4.69) is 9.80 Å². The number of rotatable bonds is 4. The number of hydrogen-bond acceptors (Lipinski definition) is 10. The van der Waals surface area contributed by atoms with Crippen LogP contribution in [-0.4, -0.2) is 62.2 Å². The van der Waals surface area contributed by atoms with Crippen LogP contribution in [0.1, 0.15) is 38.5 Å². The van der Waals surface area contributed by atoms with Gasteiger partial charge in [0.05, 0.1) is 0 Å². The second-order valence-electron chi connectivity index (χ2n) is 5.53. The Kier molecular flexibility index (Phi) is 29.4. The molecule has 0 saturated carbocycles. The Morgan fingerprint density at radius 3 is 1.12 bits per heavy atom. The Bertz CT molecular complexity index is 236. The maximum atomic E-state index is 8.00. The molecule has 0 atom stereocenters. The van der Waals surface area contributed by atoms with Crippen LogP contribution in [0.15, 0.2) is 10.7 Å². The Hall–Kier alpha value is -0.866. The summed E-state index contributed by atoms with van der Waals surface area (Å²) in [5.74, 6) is 0. The first-order valence-electron chi connectivity index (χ1n) is 8.44. The first kappa shape index (κ1) is 28.9. The van der Waals surface area contributed by atoms with E-state index >= 15 is 0 Å². The molecule has 2 aliphatic heterocycles. The molecule has 0 amide bonds. The second-order valence-corrected chi connectivity index (χ2v) is 5.53. The summed E-state index contributed by atoms with van der Waals surface area (Å²) >= 11 is 0. The number of hydrogen-bond donors (Lipinski definition) is 2. The van der Waals surface area contributed by atoms with E-state index in [0.717, 1.165) is 36.9 Å². The summed E-state index contributed by atoms with van der Waals surface area (Å²) < 4.78 is 0. The van der Waals surface area contributed by atoms with Crippen LogP contribution < -0.4 is 11.5 Å². The van der Waals surface area contributed by atoms with Gasteiger partial charge in [0, 0.05) is 26.2 Å². The third-order valence-corrected chi connectivity index (χ3v) is 3.79. The molecule has 0 spiro atoms. The van der Waals surface area contributed by atoms with Gasteiger partial charge in [-0.25, -0.2) is 0 Å². The molecule has 2 heterocycles. The van der Waals surface area contributed by atoms with Gasteiger partial charge < -0.3 is 41.5 Å². The molecular formula is C14H32N6NiO4. The molecule has 2 saturated heterocycles. The van der Waals surface area contributed by atoms with Crippen LogP contribution in [-0.2, 0) is 16.5 Å². The van der Waals surface area contributed by atoms with Crippen molar-refractivity contribution in [2.75, 3.05) is 52.4 Å². The average molecular weight is 407 g/mol. The van der Waals surface area contributed by atoms with Gasteiger partial charge in [0.1, 0.15) is 0 Å². The molecule has 25 heavy (non-hydrogen) atoms. The Labute approximate surface area is 160 Å². The van der Waals surface area contributed by atoms with E-state index < -0.39 is 0 Å². The van der Waals surface area contributed by atoms with Gasteiger partial charge in [-0.2, -0.15) is 0 Å². The fourth-order valence-electron chi connectivity index (χ4n) is 2.73. The fourth-order valence-corrected chi connectivity index (χ4v) is 2.73. The minimum Gasteiger partial charge on any atom is -0.444 e. The van der Waals surface area contributed by atoms with E-state index in [1.807, 2.05) is 0 Å². The normalized spacial score (nSPS) is 17.0. The van der Waals surface area contributed by atoms with Crippen LogP contribution in [0.3, 0.4) is 0 Å². The van der Waals surface area contributed by atoms with E-state index in [4.69, 9.17) is 31.7 Å². The van der Waals surface area contributed by atoms with Gasteiger partial charge in [-0.1, -0.05) is 12.8 Å². The van der Waals surface area contributed by atoms with E-state index in [-0.39, 0.29) is 16.5 Å². The number of nitrogens with zero attached hydrogens (tertiary/aromatic N) is 4. The fraction of sp³-hybridized carbons (Fsp3) is 1.00. The molecule has 0 aromatic heterocycles. The van der Waals surface area contributed by atoms with Crippen LogP contribution in [0.5, 0.6) is 0 Å². The minimum atomic E-state index is 0. The van der Waals surface area contributed by atoms with E-state index in [0.29, 0.717) is 0 Å². The zero-order valence-electron chi connectivity index (χ0n) is 14.8. The van der Waals surface area contributed by atoms with Crippen LogP contribution in [0.4, 0.5) is 0 Å². The van der Waals surface area contributed by atoms with Crippen molar-refractivity contribution < 1.29 is 16.5 Å². The zero-order chi connectivity index (χ0) is 18.5. The minimum absolute atomic E-state index is 0. The van der Waals surface area contributed by atoms with Crippen LogP contribution in [0.25, 0.3) is 0 Å². The van der Waals surface area contributed by atoms with Gasteiger partial charge in [0.15, 0.2) is 0 Å². The summed E-state index contributed by atoms with van der Waals surface area (Å²) in [4.78, 5) is 20.9. The van der Waals surface area contributed by atoms with E-state index in [1.54, 1.807) is 0 Å². The molecule has 0 bridgehead atoms. The van der Waals surface area contributed by atoms with Crippen molar-refractivity contribution in [1.29, 1.82) is 0 Å². The van der Waals surface area contributed by atoms with Gasteiger partial charge in [-0.3, -0.25) is 0 Å². The summed E-state index contributed by atoms with van der Waals surface area (Å²) in [6, 6.07) is 0. The van der Waals surface area contributed by atoms with Crippen molar-refractivity contribution in [3.63, 3.8) is 0 Å². The number of nitrogens with two attached hydrogens (primary N) is 2. The van der Waals surface area contributed by atoms with Crippen molar-refractivity contribution in [1.82, 2.24) is 9.80 Å². The van der Waals surface area contributed by atoms with Crippen molar-refractivity contribution in [3.05, 3.63) is 20.2 Å². The predicted octanol–water partition coefficient (Wildman–Crippen LogP) is 1.36. The van der Waals surface area contributed by atoms with Crippen LogP contribution in [0, 0.1) is 20.2 Å². The largest absolute Gasteiger partial charge is 2.00 e. The maximum absolute atomic E-state index is 8.00. The Morgan fingerprint density at radius 2 is 0.920 bits per heavy atom. The molecule has 2 rings (SSSR count). The summed E-state index contributed by atoms with van der Waals surface area (Å²) in [6.07, 6.45) is 8.34. The van der Waals surface area contributed by atoms with Crippen molar-refractivity contribution >= 4 is 0 Å². The quantitative estimate of drug-likeness (QED) is 0.401. The third kappa shape index (κ3) is 23.1. The molecule has 4 N–H and O–H groups in total. The first-order chi connectivity index (χ1) is 11.7. The van der Waals surface area contributed by atoms with Gasteiger partial charge in [0.25, 0.3) is 0 Å². The van der Waals surface area contributed by atoms with Crippen LogP contribution in [0.2, 0.25) is 0 Å². The molecule has 10 nitrogen and oxygen atoms in total. The van der Waals surface area contributed by atoms with Crippen molar-refractivity contribution in [3.8, 4) is 0 Å². The third-order valence-electron chi connectivity index (χ3n) is 3.79. The first-order valence-corrected chi connectivity index (χ1v) is 8.44. The molecular weight excluding hydrogens is 375 g/mol. The maximum Gasteiger partial charge on any atom is 2.00 e. The molecule has 152 valence electrons. The molecule has 11 heteroatoms. The molecule has 2 aliphatic rings. The SMILES string of the molecule is NCCN1CCCCC1.NCCN1CCCCC1.O=N[O-].O=N[O-].[Ni+2]. The van der Waals surface area contributed by atoms with Gasteiger partial charge >= 0.3 is 16.5 Å². The Morgan fingerprint density at radius 1 is 0.680 bits per heavy atom. The molecule has 0 aromatic rings. The van der Waals surface area contributed by atoms with Crippen LogP contribution >= 0.6 is 0 Å². The van der Waals surface area contributed by atoms with Gasteiger partial charge in [-0.05, 0) is 51.9 Å². The molecule has 2 fully saturated rings. The second kappa shape index (κ2) is 25.4. The Balaban J connectivity index is -0.000000287. The molecule has 0 unspecified atom stereocenters. The van der Waals surface area contributed by atoms with Crippen molar-refractivity contribution in [2.24, 2.45) is 22.1 Å². The topological polar surface area (TPSA) is 164 Å². The summed E-state index contributed by atoms with van der Waals surface area (Å²) in [6.45, 7) is 8.93. The summed E-state index contributed by atoms with van der Waals surface area (Å²) in [7, 11) is 0. The standard InChI is InChI=1S/2C7H16N2.2HNO2.Ni/c2*8-4-7-9-5-2-1-3-6-9;2*2-1-3;/h2*1-8H2;2*(H,2,3);/q;;;;+2/p-2. The number of piperidine rings is 2. The zero-order valence-corrected chi connectivity index (χ0v) is 15.8. The number of likely N-dealkylation sites (tertiary alicyclic amines) is 2. The summed E-state index contributed by atoms with van der Waals surface area (Å²) in [5, 5.41) is 18.0. The summed E-state index contributed by atoms with van der Waals surface area (Å²) in [5.41, 5.74) is 10.8. The predicted molar refractivity (Wildman–Crippen MR) is 97.0 cm³/mol. The molecule has 0 radical (unpaired) electrons. The smallest absolute Gasteiger partial charge is 0.444 e. The van der Waals surface area contributed by atoms with Gasteiger partial charge in [0.2, 0.25) is 0 Å². The van der Waals surface area contributed by atoms with Gasteiger partial charge in [-0.15, -0.1) is 10.7 Å². The average Bonchev–Trinajstić information content (AvgIpc) is 2.59. The monoisotopic (exact) mass is 406 g/mol. The van der Waals surface area contributed by atoms with Crippen molar-refractivity contribution in [2.45, 2.75) is 38.5 Å².